The minimum Gasteiger partial charge on any atom is -0.493 e. The van der Waals surface area contributed by atoms with Gasteiger partial charge in [0.25, 0.3) is 0 Å². The lowest BCUT2D eigenvalue weighted by molar-refractivity contribution is 0.225. The molecule has 5 heteroatoms. The standard InChI is InChI=1S/C26H26N2O3/c1-29-25-12-11-22(15-26(25)31-20-21-7-3-2-4-8-21)17-28(19-24-10-6-14-30-24)18-23-9-5-13-27-16-23/h2-16H,17-20H2,1H3. The molecule has 0 aliphatic heterocycles. The van der Waals surface area contributed by atoms with Crippen LogP contribution in [0.15, 0.2) is 95.9 Å². The summed E-state index contributed by atoms with van der Waals surface area (Å²) >= 11 is 0. The molecule has 0 radical (unpaired) electrons. The molecule has 0 N–H and O–H groups in total. The summed E-state index contributed by atoms with van der Waals surface area (Å²) in [5.41, 5.74) is 3.41. The first-order chi connectivity index (χ1) is 15.3. The summed E-state index contributed by atoms with van der Waals surface area (Å²) in [6.07, 6.45) is 5.40. The lowest BCUT2D eigenvalue weighted by Crippen LogP contribution is -2.22. The first-order valence-electron chi connectivity index (χ1n) is 10.3. The molecule has 0 bridgehead atoms. The van der Waals surface area contributed by atoms with Crippen LogP contribution in [-0.2, 0) is 26.2 Å². The second-order valence-corrected chi connectivity index (χ2v) is 7.35. The highest BCUT2D eigenvalue weighted by Crippen LogP contribution is 2.30. The Morgan fingerprint density at radius 2 is 1.65 bits per heavy atom. The normalized spacial score (nSPS) is 10.9. The van der Waals surface area contributed by atoms with E-state index in [9.17, 15) is 0 Å². The molecule has 31 heavy (non-hydrogen) atoms. The molecule has 4 aromatic rings. The predicted octanol–water partition coefficient (Wildman–Crippen LogP) is 5.46. The van der Waals surface area contributed by atoms with Crippen LogP contribution < -0.4 is 9.47 Å². The number of aromatic nitrogens is 1. The van der Waals surface area contributed by atoms with Gasteiger partial charge in [0.05, 0.1) is 19.9 Å². The lowest BCUT2D eigenvalue weighted by Gasteiger charge is -2.22. The Balaban J connectivity index is 1.51. The molecule has 0 aliphatic carbocycles. The van der Waals surface area contributed by atoms with Crippen LogP contribution in [0.1, 0.15) is 22.5 Å². The molecule has 2 aromatic carbocycles. The van der Waals surface area contributed by atoms with Crippen molar-refractivity contribution in [3.8, 4) is 11.5 Å². The quantitative estimate of drug-likeness (QED) is 0.345. The van der Waals surface area contributed by atoms with Gasteiger partial charge in [0, 0.05) is 25.5 Å². The Kier molecular flexibility index (Phi) is 6.98. The van der Waals surface area contributed by atoms with Gasteiger partial charge in [-0.05, 0) is 47.0 Å². The summed E-state index contributed by atoms with van der Waals surface area (Å²) in [7, 11) is 1.66. The molecule has 2 aromatic heterocycles. The molecular weight excluding hydrogens is 388 g/mol. The zero-order valence-electron chi connectivity index (χ0n) is 17.6. The van der Waals surface area contributed by atoms with Crippen molar-refractivity contribution in [2.75, 3.05) is 7.11 Å². The van der Waals surface area contributed by atoms with Crippen molar-refractivity contribution in [2.45, 2.75) is 26.2 Å². The van der Waals surface area contributed by atoms with Gasteiger partial charge in [0.1, 0.15) is 12.4 Å². The number of methoxy groups -OCH3 is 1. The third kappa shape index (κ3) is 5.96. The molecule has 0 saturated carbocycles. The number of furan rings is 1. The van der Waals surface area contributed by atoms with Crippen molar-refractivity contribution in [1.29, 1.82) is 0 Å². The van der Waals surface area contributed by atoms with Crippen LogP contribution >= 0.6 is 0 Å². The van der Waals surface area contributed by atoms with Gasteiger partial charge < -0.3 is 13.9 Å². The molecule has 5 nitrogen and oxygen atoms in total. The van der Waals surface area contributed by atoms with E-state index in [-0.39, 0.29) is 0 Å². The van der Waals surface area contributed by atoms with Gasteiger partial charge in [-0.15, -0.1) is 0 Å². The molecule has 0 spiro atoms. The van der Waals surface area contributed by atoms with E-state index < -0.39 is 0 Å². The van der Waals surface area contributed by atoms with Crippen molar-refractivity contribution >= 4 is 0 Å². The maximum Gasteiger partial charge on any atom is 0.161 e. The van der Waals surface area contributed by atoms with Crippen LogP contribution in [0.4, 0.5) is 0 Å². The Labute approximate surface area is 182 Å². The number of hydrogen-bond acceptors (Lipinski definition) is 5. The van der Waals surface area contributed by atoms with Gasteiger partial charge in [-0.2, -0.15) is 0 Å². The number of hydrogen-bond donors (Lipinski definition) is 0. The van der Waals surface area contributed by atoms with Crippen LogP contribution in [0.3, 0.4) is 0 Å². The monoisotopic (exact) mass is 414 g/mol. The zero-order valence-corrected chi connectivity index (χ0v) is 17.6. The van der Waals surface area contributed by atoms with Crippen LogP contribution in [0.25, 0.3) is 0 Å². The fourth-order valence-electron chi connectivity index (χ4n) is 3.47. The molecule has 2 heterocycles. The van der Waals surface area contributed by atoms with Crippen molar-refractivity contribution in [3.05, 3.63) is 114 Å². The predicted molar refractivity (Wildman–Crippen MR) is 120 cm³/mol. The largest absolute Gasteiger partial charge is 0.493 e. The Morgan fingerprint density at radius 3 is 2.39 bits per heavy atom. The van der Waals surface area contributed by atoms with Gasteiger partial charge in [-0.1, -0.05) is 42.5 Å². The smallest absolute Gasteiger partial charge is 0.161 e. The van der Waals surface area contributed by atoms with E-state index in [4.69, 9.17) is 13.9 Å². The topological polar surface area (TPSA) is 47.7 Å². The van der Waals surface area contributed by atoms with Crippen LogP contribution in [0.2, 0.25) is 0 Å². The summed E-state index contributed by atoms with van der Waals surface area (Å²) in [6, 6.07) is 24.2. The summed E-state index contributed by atoms with van der Waals surface area (Å²) < 4.78 is 17.2. The third-order valence-electron chi connectivity index (χ3n) is 4.96. The van der Waals surface area contributed by atoms with Gasteiger partial charge in [0.15, 0.2) is 11.5 Å². The average Bonchev–Trinajstić information content (AvgIpc) is 3.32. The van der Waals surface area contributed by atoms with Crippen molar-refractivity contribution in [1.82, 2.24) is 9.88 Å². The van der Waals surface area contributed by atoms with Crippen molar-refractivity contribution in [2.24, 2.45) is 0 Å². The average molecular weight is 415 g/mol. The zero-order chi connectivity index (χ0) is 21.3. The van der Waals surface area contributed by atoms with Crippen LogP contribution in [-0.4, -0.2) is 17.0 Å². The van der Waals surface area contributed by atoms with E-state index in [0.717, 1.165) is 47.0 Å². The SMILES string of the molecule is COc1ccc(CN(Cc2cccnc2)Cc2ccco2)cc1OCc1ccccc1. The van der Waals surface area contributed by atoms with E-state index in [0.29, 0.717) is 13.2 Å². The molecular formula is C26H26N2O3. The van der Waals surface area contributed by atoms with E-state index in [1.54, 1.807) is 19.6 Å². The highest BCUT2D eigenvalue weighted by atomic mass is 16.5. The van der Waals surface area contributed by atoms with E-state index >= 15 is 0 Å². The van der Waals surface area contributed by atoms with Crippen molar-refractivity contribution < 1.29 is 13.9 Å². The molecule has 158 valence electrons. The van der Waals surface area contributed by atoms with Gasteiger partial charge in [-0.3, -0.25) is 9.88 Å². The Hall–Kier alpha value is -3.57. The minimum absolute atomic E-state index is 0.493. The highest BCUT2D eigenvalue weighted by Gasteiger charge is 2.13. The Morgan fingerprint density at radius 1 is 0.806 bits per heavy atom. The maximum atomic E-state index is 6.09. The van der Waals surface area contributed by atoms with Gasteiger partial charge >= 0.3 is 0 Å². The summed E-state index contributed by atoms with van der Waals surface area (Å²) in [6.45, 7) is 2.70. The number of benzene rings is 2. The first kappa shape index (κ1) is 20.7. The number of rotatable bonds is 10. The fraction of sp³-hybridized carbons (Fsp3) is 0.192. The molecule has 0 fully saturated rings. The molecule has 0 aliphatic rings. The highest BCUT2D eigenvalue weighted by molar-refractivity contribution is 5.43. The molecule has 0 atom stereocenters. The summed E-state index contributed by atoms with van der Waals surface area (Å²) in [5.74, 6) is 2.39. The number of pyridine rings is 1. The van der Waals surface area contributed by atoms with E-state index in [1.165, 1.54) is 0 Å². The summed E-state index contributed by atoms with van der Waals surface area (Å²) in [5, 5.41) is 0. The first-order valence-corrected chi connectivity index (χ1v) is 10.3. The fourth-order valence-corrected chi connectivity index (χ4v) is 3.47. The number of nitrogens with zero attached hydrogens (tertiary/aromatic N) is 2. The second kappa shape index (κ2) is 10.5. The van der Waals surface area contributed by atoms with Crippen LogP contribution in [0, 0.1) is 0 Å². The minimum atomic E-state index is 0.493. The van der Waals surface area contributed by atoms with Crippen molar-refractivity contribution in [3.63, 3.8) is 0 Å². The lowest BCUT2D eigenvalue weighted by atomic mass is 10.1. The van der Waals surface area contributed by atoms with Gasteiger partial charge in [-0.25, -0.2) is 0 Å². The van der Waals surface area contributed by atoms with E-state index in [2.05, 4.69) is 40.2 Å². The number of ether oxygens (including phenoxy) is 2. The summed E-state index contributed by atoms with van der Waals surface area (Å²) in [4.78, 5) is 6.56. The molecule has 0 amide bonds. The van der Waals surface area contributed by atoms with E-state index in [1.807, 2.05) is 48.7 Å². The molecule has 0 unspecified atom stereocenters. The third-order valence-corrected chi connectivity index (χ3v) is 4.96. The van der Waals surface area contributed by atoms with Gasteiger partial charge in [0.2, 0.25) is 0 Å². The molecule has 4 rings (SSSR count). The maximum absolute atomic E-state index is 6.09. The van der Waals surface area contributed by atoms with Crippen LogP contribution in [0.5, 0.6) is 11.5 Å². The second-order valence-electron chi connectivity index (χ2n) is 7.35. The Bertz CT molecular complexity index is 1050. The molecule has 0 saturated heterocycles.